The molecule has 0 aromatic heterocycles. The number of nitriles is 1. The number of nitro groups is 2. The molecule has 0 spiro atoms. The van der Waals surface area contributed by atoms with E-state index in [-0.39, 0.29) is 27.8 Å². The van der Waals surface area contributed by atoms with Crippen molar-refractivity contribution in [1.29, 1.82) is 5.26 Å². The van der Waals surface area contributed by atoms with Gasteiger partial charge in [0.1, 0.15) is 11.6 Å². The van der Waals surface area contributed by atoms with E-state index in [2.05, 4.69) is 5.32 Å². The van der Waals surface area contributed by atoms with Crippen molar-refractivity contribution in [3.63, 3.8) is 0 Å². The van der Waals surface area contributed by atoms with Crippen LogP contribution in [0.25, 0.3) is 6.08 Å². The summed E-state index contributed by atoms with van der Waals surface area (Å²) in [5.74, 6) is -0.998. The zero-order valence-corrected chi connectivity index (χ0v) is 19.6. The summed E-state index contributed by atoms with van der Waals surface area (Å²) in [6.45, 7) is 1.81. The number of rotatable bonds is 8. The average molecular weight is 509 g/mol. The van der Waals surface area contributed by atoms with Gasteiger partial charge in [0.05, 0.1) is 28.0 Å². The van der Waals surface area contributed by atoms with Crippen molar-refractivity contribution in [1.82, 2.24) is 0 Å². The molecule has 0 aliphatic heterocycles. The number of carbonyl (C=O) groups is 1. The minimum absolute atomic E-state index is 0.0398. The first-order chi connectivity index (χ1) is 17.1. The molecule has 0 heterocycles. The topological polar surface area (TPSA) is 158 Å². The van der Waals surface area contributed by atoms with Crippen LogP contribution < -0.4 is 14.8 Å². The number of methoxy groups -OCH3 is 1. The van der Waals surface area contributed by atoms with E-state index in [1.807, 2.05) is 25.1 Å². The number of non-ortho nitro benzene ring substituents is 1. The normalized spacial score (nSPS) is 10.8. The number of halogens is 1. The zero-order valence-electron chi connectivity index (χ0n) is 18.9. The van der Waals surface area contributed by atoms with Gasteiger partial charge < -0.3 is 14.8 Å². The van der Waals surface area contributed by atoms with Gasteiger partial charge in [0.15, 0.2) is 11.5 Å². The lowest BCUT2D eigenvalue weighted by Gasteiger charge is -2.13. The fourth-order valence-electron chi connectivity index (χ4n) is 3.10. The van der Waals surface area contributed by atoms with Crippen molar-refractivity contribution in [2.24, 2.45) is 0 Å². The lowest BCUT2D eigenvalue weighted by Crippen LogP contribution is -2.14. The number of amides is 1. The summed E-state index contributed by atoms with van der Waals surface area (Å²) in [6, 6.07) is 14.6. The minimum Gasteiger partial charge on any atom is -0.493 e. The van der Waals surface area contributed by atoms with Crippen molar-refractivity contribution in [2.75, 3.05) is 12.4 Å². The van der Waals surface area contributed by atoms with Crippen LogP contribution in [0, 0.1) is 38.5 Å². The van der Waals surface area contributed by atoms with Crippen molar-refractivity contribution in [3.05, 3.63) is 96.5 Å². The molecule has 11 nitrogen and oxygen atoms in total. The Bertz CT molecular complexity index is 1450. The average Bonchev–Trinajstić information content (AvgIpc) is 2.85. The second-order valence-corrected chi connectivity index (χ2v) is 7.65. The van der Waals surface area contributed by atoms with Crippen LogP contribution in [-0.4, -0.2) is 22.9 Å². The number of nitrogens with one attached hydrogen (secondary N) is 1. The van der Waals surface area contributed by atoms with E-state index in [0.29, 0.717) is 11.3 Å². The number of anilines is 1. The molecule has 36 heavy (non-hydrogen) atoms. The standard InChI is InChI=1S/C24H17ClN4O7/c1-14-5-3-4-6-19(14)27-24(30)16(13-26)9-15-10-18(25)23(22(11-15)35-2)36-21-8-7-17(28(31)32)12-20(21)29(33)34/h3-12H,1-2H3,(H,27,30)/b16-9+. The van der Waals surface area contributed by atoms with Gasteiger partial charge in [-0.3, -0.25) is 25.0 Å². The van der Waals surface area contributed by atoms with E-state index in [1.54, 1.807) is 12.1 Å². The molecule has 0 atom stereocenters. The Morgan fingerprint density at radius 2 is 1.81 bits per heavy atom. The fourth-order valence-corrected chi connectivity index (χ4v) is 3.36. The number of para-hydroxylation sites is 1. The first kappa shape index (κ1) is 25.7. The molecule has 12 heteroatoms. The first-order valence-electron chi connectivity index (χ1n) is 10.1. The third-order valence-electron chi connectivity index (χ3n) is 4.88. The third-order valence-corrected chi connectivity index (χ3v) is 5.16. The molecule has 0 fully saturated rings. The molecule has 182 valence electrons. The van der Waals surface area contributed by atoms with E-state index in [1.165, 1.54) is 25.3 Å². The highest BCUT2D eigenvalue weighted by Gasteiger charge is 2.23. The van der Waals surface area contributed by atoms with E-state index in [0.717, 1.165) is 23.8 Å². The molecule has 0 aliphatic rings. The third kappa shape index (κ3) is 5.75. The van der Waals surface area contributed by atoms with Gasteiger partial charge in [-0.25, -0.2) is 0 Å². The number of hydrogen-bond donors (Lipinski definition) is 1. The molecule has 0 saturated carbocycles. The number of nitrogens with zero attached hydrogens (tertiary/aromatic N) is 3. The Labute approximate surface area is 209 Å². The molecular weight excluding hydrogens is 492 g/mol. The van der Waals surface area contributed by atoms with Crippen LogP contribution in [0.5, 0.6) is 17.2 Å². The van der Waals surface area contributed by atoms with Gasteiger partial charge in [-0.05, 0) is 48.4 Å². The maximum Gasteiger partial charge on any atom is 0.318 e. The number of benzene rings is 3. The van der Waals surface area contributed by atoms with Crippen LogP contribution in [0.3, 0.4) is 0 Å². The Hall–Kier alpha value is -4.95. The van der Waals surface area contributed by atoms with Crippen LogP contribution in [0.2, 0.25) is 5.02 Å². The fraction of sp³-hybridized carbons (Fsp3) is 0.0833. The van der Waals surface area contributed by atoms with Gasteiger partial charge in [0.2, 0.25) is 5.75 Å². The highest BCUT2D eigenvalue weighted by molar-refractivity contribution is 6.32. The van der Waals surface area contributed by atoms with Crippen molar-refractivity contribution >= 4 is 40.6 Å². The Kier molecular flexibility index (Phi) is 7.83. The van der Waals surface area contributed by atoms with Crippen LogP contribution in [0.15, 0.2) is 60.2 Å². The molecule has 3 rings (SSSR count). The minimum atomic E-state index is -0.827. The second-order valence-electron chi connectivity index (χ2n) is 7.24. The Balaban J connectivity index is 1.96. The summed E-state index contributed by atoms with van der Waals surface area (Å²) >= 11 is 6.34. The number of aryl methyl sites for hydroxylation is 1. The van der Waals surface area contributed by atoms with E-state index in [4.69, 9.17) is 21.1 Å². The Morgan fingerprint density at radius 1 is 1.08 bits per heavy atom. The molecule has 0 unspecified atom stereocenters. The summed E-state index contributed by atoms with van der Waals surface area (Å²) in [5, 5.41) is 34.5. The molecule has 0 saturated heterocycles. The quantitative estimate of drug-likeness (QED) is 0.173. The predicted molar refractivity (Wildman–Crippen MR) is 131 cm³/mol. The SMILES string of the molecule is COc1cc(/C=C(\C#N)C(=O)Nc2ccccc2C)cc(Cl)c1Oc1ccc([N+](=O)[O-])cc1[N+](=O)[O-]. The summed E-state index contributed by atoms with van der Waals surface area (Å²) in [6.07, 6.45) is 1.29. The maximum atomic E-state index is 12.6. The molecule has 3 aromatic rings. The van der Waals surface area contributed by atoms with Crippen LogP contribution in [0.1, 0.15) is 11.1 Å². The summed E-state index contributed by atoms with van der Waals surface area (Å²) in [5.41, 5.74) is 0.337. The monoisotopic (exact) mass is 508 g/mol. The van der Waals surface area contributed by atoms with Crippen LogP contribution >= 0.6 is 11.6 Å². The van der Waals surface area contributed by atoms with Crippen LogP contribution in [0.4, 0.5) is 17.1 Å². The Morgan fingerprint density at radius 3 is 2.42 bits per heavy atom. The second kappa shape index (κ2) is 11.0. The molecule has 0 aliphatic carbocycles. The molecule has 1 amide bonds. The van der Waals surface area contributed by atoms with Gasteiger partial charge in [0.25, 0.3) is 11.6 Å². The van der Waals surface area contributed by atoms with Gasteiger partial charge in [-0.15, -0.1) is 0 Å². The number of hydrogen-bond acceptors (Lipinski definition) is 8. The van der Waals surface area contributed by atoms with E-state index in [9.17, 15) is 30.3 Å². The molecule has 3 aromatic carbocycles. The lowest BCUT2D eigenvalue weighted by atomic mass is 10.1. The lowest BCUT2D eigenvalue weighted by molar-refractivity contribution is -0.394. The maximum absolute atomic E-state index is 12.6. The highest BCUT2D eigenvalue weighted by Crippen LogP contribution is 2.43. The summed E-state index contributed by atoms with van der Waals surface area (Å²) in [4.78, 5) is 33.4. The first-order valence-corrected chi connectivity index (χ1v) is 10.5. The zero-order chi connectivity index (χ0) is 26.4. The predicted octanol–water partition coefficient (Wildman–Crippen LogP) is 5.81. The van der Waals surface area contributed by atoms with Crippen molar-refractivity contribution in [2.45, 2.75) is 6.92 Å². The largest absolute Gasteiger partial charge is 0.493 e. The summed E-state index contributed by atoms with van der Waals surface area (Å²) < 4.78 is 10.9. The number of nitro benzene ring substituents is 2. The van der Waals surface area contributed by atoms with Crippen LogP contribution in [-0.2, 0) is 4.79 Å². The molecule has 0 bridgehead atoms. The van der Waals surface area contributed by atoms with Gasteiger partial charge in [-0.1, -0.05) is 29.8 Å². The van der Waals surface area contributed by atoms with E-state index < -0.39 is 27.1 Å². The van der Waals surface area contributed by atoms with E-state index >= 15 is 0 Å². The number of carbonyl (C=O) groups excluding carboxylic acids is 1. The van der Waals surface area contributed by atoms with Crippen molar-refractivity contribution < 1.29 is 24.1 Å². The van der Waals surface area contributed by atoms with Gasteiger partial charge in [-0.2, -0.15) is 5.26 Å². The van der Waals surface area contributed by atoms with Gasteiger partial charge in [0, 0.05) is 11.8 Å². The highest BCUT2D eigenvalue weighted by atomic mass is 35.5. The molecule has 1 N–H and O–H groups in total. The molecular formula is C24H17ClN4O7. The smallest absolute Gasteiger partial charge is 0.318 e. The van der Waals surface area contributed by atoms with Gasteiger partial charge >= 0.3 is 5.69 Å². The van der Waals surface area contributed by atoms with Crippen molar-refractivity contribution in [3.8, 4) is 23.3 Å². The number of ether oxygens (including phenoxy) is 2. The summed E-state index contributed by atoms with van der Waals surface area (Å²) in [7, 11) is 1.30. The molecule has 0 radical (unpaired) electrons.